The molecule has 0 atom stereocenters. The summed E-state index contributed by atoms with van der Waals surface area (Å²) in [6.07, 6.45) is 13.3. The Labute approximate surface area is 473 Å². The highest BCUT2D eigenvalue weighted by atomic mass is 15.1. The molecular formula is C67H153N7. The van der Waals surface area contributed by atoms with Crippen molar-refractivity contribution in [2.75, 3.05) is 92.6 Å². The van der Waals surface area contributed by atoms with Gasteiger partial charge in [0.25, 0.3) is 0 Å². The molecule has 4 N–H and O–H groups in total. The Hall–Kier alpha value is -0.280. The van der Waals surface area contributed by atoms with E-state index in [1.165, 1.54) is 136 Å². The van der Waals surface area contributed by atoms with Crippen LogP contribution in [-0.4, -0.2) is 134 Å². The summed E-state index contributed by atoms with van der Waals surface area (Å²) in [7, 11) is 4.41. The summed E-state index contributed by atoms with van der Waals surface area (Å²) < 4.78 is 0. The van der Waals surface area contributed by atoms with Gasteiger partial charge >= 0.3 is 0 Å². The monoisotopic (exact) mass is 1060 g/mol. The molecule has 0 aromatic rings. The molecule has 0 bridgehead atoms. The quantitative estimate of drug-likeness (QED) is 0.169. The molecule has 2 fully saturated rings. The molecule has 456 valence electrons. The van der Waals surface area contributed by atoms with Gasteiger partial charge in [0.15, 0.2) is 0 Å². The highest BCUT2D eigenvalue weighted by molar-refractivity contribution is 4.86. The number of nitrogens with two attached hydrogens (primary N) is 2. The van der Waals surface area contributed by atoms with E-state index in [1.54, 1.807) is 0 Å². The van der Waals surface area contributed by atoms with Crippen LogP contribution >= 0.6 is 0 Å². The van der Waals surface area contributed by atoms with E-state index in [0.717, 1.165) is 12.3 Å². The minimum Gasteiger partial charge on any atom is -0.326 e. The van der Waals surface area contributed by atoms with Crippen LogP contribution in [-0.2, 0) is 0 Å². The van der Waals surface area contributed by atoms with E-state index in [9.17, 15) is 0 Å². The summed E-state index contributed by atoms with van der Waals surface area (Å²) in [6.45, 7) is 84.6. The molecule has 2 rings (SSSR count). The highest BCUT2D eigenvalue weighted by Crippen LogP contribution is 2.34. The average molecular weight is 1060 g/mol. The second-order valence-electron chi connectivity index (χ2n) is 32.4. The second kappa shape index (κ2) is 40.0. The summed E-state index contributed by atoms with van der Waals surface area (Å²) in [4.78, 5) is 12.4. The number of piperidine rings is 1. The Balaban J connectivity index is -0.000000182. The number of hydrogen-bond donors (Lipinski definition) is 2. The number of nitrogens with zero attached hydrogens (tertiary/aromatic N) is 5. The molecule has 2 aliphatic rings. The number of rotatable bonds is 15. The molecule has 2 aliphatic heterocycles. The second-order valence-corrected chi connectivity index (χ2v) is 32.4. The van der Waals surface area contributed by atoms with Gasteiger partial charge in [0.05, 0.1) is 0 Å². The molecular weight excluding hydrogens is 903 g/mol. The minimum atomic E-state index is -0.0625. The normalized spacial score (nSPS) is 15.8. The molecule has 7 nitrogen and oxygen atoms in total. The van der Waals surface area contributed by atoms with Gasteiger partial charge in [-0.2, -0.15) is 0 Å². The Morgan fingerprint density at radius 3 is 1.08 bits per heavy atom. The van der Waals surface area contributed by atoms with Crippen LogP contribution in [0.5, 0.6) is 0 Å². The van der Waals surface area contributed by atoms with E-state index in [2.05, 4.69) is 239 Å². The molecule has 0 spiro atoms. The summed E-state index contributed by atoms with van der Waals surface area (Å²) in [5, 5.41) is 0. The van der Waals surface area contributed by atoms with E-state index >= 15 is 0 Å². The zero-order chi connectivity index (χ0) is 59.1. The van der Waals surface area contributed by atoms with Crippen LogP contribution < -0.4 is 11.5 Å². The molecule has 2 saturated heterocycles. The average Bonchev–Trinajstić information content (AvgIpc) is 3.70. The van der Waals surface area contributed by atoms with Crippen molar-refractivity contribution < 1.29 is 0 Å². The van der Waals surface area contributed by atoms with Crippen LogP contribution in [0.15, 0.2) is 0 Å². The van der Waals surface area contributed by atoms with Crippen molar-refractivity contribution in [3.8, 4) is 0 Å². The minimum absolute atomic E-state index is 0. The predicted molar refractivity (Wildman–Crippen MR) is 346 cm³/mol. The van der Waals surface area contributed by atoms with Gasteiger partial charge in [0, 0.05) is 17.1 Å². The largest absolute Gasteiger partial charge is 0.326 e. The third-order valence-electron chi connectivity index (χ3n) is 14.7. The van der Waals surface area contributed by atoms with Crippen LogP contribution in [0.25, 0.3) is 0 Å². The first-order chi connectivity index (χ1) is 32.3. The number of hydrogen-bond acceptors (Lipinski definition) is 7. The first-order valence-corrected chi connectivity index (χ1v) is 30.5. The van der Waals surface area contributed by atoms with Gasteiger partial charge < -0.3 is 36.0 Å². The van der Waals surface area contributed by atoms with Gasteiger partial charge in [-0.05, 0) is 242 Å². The van der Waals surface area contributed by atoms with Crippen LogP contribution in [0, 0.1) is 43.8 Å². The van der Waals surface area contributed by atoms with Crippen LogP contribution in [0.3, 0.4) is 0 Å². The lowest BCUT2D eigenvalue weighted by Gasteiger charge is -2.37. The van der Waals surface area contributed by atoms with Crippen molar-refractivity contribution in [1.29, 1.82) is 0 Å². The Bertz CT molecular complexity index is 1140. The molecule has 0 unspecified atom stereocenters. The molecule has 0 saturated carbocycles. The van der Waals surface area contributed by atoms with E-state index in [1.807, 2.05) is 13.8 Å². The zero-order valence-corrected chi connectivity index (χ0v) is 57.6. The van der Waals surface area contributed by atoms with E-state index in [4.69, 9.17) is 11.5 Å². The van der Waals surface area contributed by atoms with Crippen molar-refractivity contribution in [3.05, 3.63) is 0 Å². The summed E-state index contributed by atoms with van der Waals surface area (Å²) in [5.41, 5.74) is 14.6. The SMILES string of the molecule is C.CC(C)(C)C(C)(C)N.CC(C)(C)CC(C)(C)N.CC(C)(C)CCN1CCCC1.CC(C)N(C)CCC(C)(C)C.CCN(CC)CCC(C)(C)C.CCN(CC)CCCC(C)(C)C.CN1CCC(C(C)(C)C)CC1. The summed E-state index contributed by atoms with van der Waals surface area (Å²) in [6, 6.07) is 0.678. The fourth-order valence-electron chi connectivity index (χ4n) is 7.92. The predicted octanol–water partition coefficient (Wildman–Crippen LogP) is 18.1. The molecule has 0 amide bonds. The fraction of sp³-hybridized carbons (Fsp3) is 1.00. The van der Waals surface area contributed by atoms with Crippen molar-refractivity contribution in [2.24, 2.45) is 55.3 Å². The first kappa shape index (κ1) is 85.0. The third kappa shape index (κ3) is 64.2. The first-order valence-electron chi connectivity index (χ1n) is 30.5. The van der Waals surface area contributed by atoms with Gasteiger partial charge in [-0.1, -0.05) is 181 Å². The topological polar surface area (TPSA) is 68.2 Å². The van der Waals surface area contributed by atoms with E-state index in [0.29, 0.717) is 38.5 Å². The van der Waals surface area contributed by atoms with E-state index in [-0.39, 0.29) is 23.9 Å². The van der Waals surface area contributed by atoms with Gasteiger partial charge in [0.1, 0.15) is 0 Å². The van der Waals surface area contributed by atoms with Crippen LogP contribution in [0.4, 0.5) is 0 Å². The molecule has 74 heavy (non-hydrogen) atoms. The molecule has 7 heteroatoms. The third-order valence-corrected chi connectivity index (χ3v) is 14.7. The summed E-state index contributed by atoms with van der Waals surface area (Å²) >= 11 is 0. The maximum absolute atomic E-state index is 5.82. The molecule has 0 aromatic heterocycles. The van der Waals surface area contributed by atoms with Crippen molar-refractivity contribution in [1.82, 2.24) is 24.5 Å². The zero-order valence-electron chi connectivity index (χ0n) is 57.6. The highest BCUT2D eigenvalue weighted by Gasteiger charge is 2.28. The molecule has 0 aromatic carbocycles. The Morgan fingerprint density at radius 1 is 0.486 bits per heavy atom. The lowest BCUT2D eigenvalue weighted by molar-refractivity contribution is 0.129. The van der Waals surface area contributed by atoms with Gasteiger partial charge in [0.2, 0.25) is 0 Å². The van der Waals surface area contributed by atoms with Gasteiger partial charge in [-0.25, -0.2) is 0 Å². The van der Waals surface area contributed by atoms with Crippen molar-refractivity contribution in [3.63, 3.8) is 0 Å². The van der Waals surface area contributed by atoms with Crippen LogP contribution in [0.1, 0.15) is 286 Å². The Kier molecular flexibility index (Phi) is 45.9. The maximum Gasteiger partial charge on any atom is 0.0146 e. The number of likely N-dealkylation sites (tertiary alicyclic amines) is 2. The molecule has 0 aliphatic carbocycles. The lowest BCUT2D eigenvalue weighted by atomic mass is 9.75. The molecule has 0 radical (unpaired) electrons. The van der Waals surface area contributed by atoms with Crippen molar-refractivity contribution >= 4 is 0 Å². The standard InChI is InChI=1S/C11H25N.2C10H21N.2C10H23N.C8H19N.C7H17N.CH4/c1-6-12(7-2)10-8-9-11(3,4)5;1-10(2,3)9-5-7-11(4)8-6-9;1-10(2,3)6-9-11-7-4-5-8-11;1-9(2)11(6)8-7-10(3,4)5;1-6-11(7-2)9-8-10(3,4)5;1-7(2,3)6-8(4,5)9;1-6(2,3)7(4,5)8;/h6-10H2,1-5H3;9H,5-8H2,1-4H3;4-9H2,1-3H3;9H,7-8H2,1-6H3;6-9H2,1-5H3;6,9H2,1-5H3;8H2,1-5H3;1H4. The summed E-state index contributed by atoms with van der Waals surface area (Å²) in [5.74, 6) is 0.943. The Morgan fingerprint density at radius 2 is 0.824 bits per heavy atom. The molecule has 2 heterocycles. The van der Waals surface area contributed by atoms with Crippen molar-refractivity contribution in [2.45, 2.75) is 303 Å². The van der Waals surface area contributed by atoms with E-state index < -0.39 is 0 Å². The van der Waals surface area contributed by atoms with Crippen LogP contribution in [0.2, 0.25) is 0 Å². The fourth-order valence-corrected chi connectivity index (χ4v) is 7.92. The van der Waals surface area contributed by atoms with Gasteiger partial charge in [-0.3, -0.25) is 0 Å². The maximum atomic E-state index is 5.82. The lowest BCUT2D eigenvalue weighted by Crippen LogP contribution is -2.45. The van der Waals surface area contributed by atoms with Gasteiger partial charge in [-0.15, -0.1) is 0 Å². The smallest absolute Gasteiger partial charge is 0.0146 e.